The molecule has 16 N–H and O–H groups in total. The summed E-state index contributed by atoms with van der Waals surface area (Å²) >= 11 is 0. The highest BCUT2D eigenvalue weighted by Gasteiger charge is 2.44. The Morgan fingerprint density at radius 1 is 0.750 bits per heavy atom. The molecule has 1 unspecified atom stereocenters. The van der Waals surface area contributed by atoms with E-state index in [1.807, 2.05) is 0 Å². The Morgan fingerprint density at radius 3 is 1.94 bits per heavy atom. The van der Waals surface area contributed by atoms with Gasteiger partial charge in [0.1, 0.15) is 47.3 Å². The fourth-order valence-electron chi connectivity index (χ4n) is 7.63. The quantitative estimate of drug-likeness (QED) is 0.0579. The molecule has 0 bridgehead atoms. The Labute approximate surface area is 393 Å². The van der Waals surface area contributed by atoms with E-state index in [1.165, 1.54) is 18.2 Å². The first-order chi connectivity index (χ1) is 31.9. The van der Waals surface area contributed by atoms with Gasteiger partial charge in [-0.15, -0.1) is 0 Å². The molecule has 68 heavy (non-hydrogen) atoms. The molecule has 0 aromatic heterocycles. The Hall–Kier alpha value is -6.86. The summed E-state index contributed by atoms with van der Waals surface area (Å²) in [6, 6.07) is -4.19. The van der Waals surface area contributed by atoms with Gasteiger partial charge >= 0.3 is 11.9 Å². The lowest BCUT2D eigenvalue weighted by Crippen LogP contribution is -2.66. The average molecular weight is 979 g/mol. The highest BCUT2D eigenvalue weighted by molar-refractivity contribution is 7.85. The summed E-state index contributed by atoms with van der Waals surface area (Å²) in [6.07, 6.45) is -0.471. The third-order valence-electron chi connectivity index (χ3n) is 11.2. The number of anilines is 1. The second kappa shape index (κ2) is 25.9. The molecule has 26 heteroatoms. The van der Waals surface area contributed by atoms with Crippen molar-refractivity contribution in [2.75, 3.05) is 23.8 Å². The van der Waals surface area contributed by atoms with Crippen LogP contribution in [0.5, 0.6) is 5.75 Å². The summed E-state index contributed by atoms with van der Waals surface area (Å²) in [4.78, 5) is 145. The summed E-state index contributed by atoms with van der Waals surface area (Å²) in [5.74, 6) is -17.1. The summed E-state index contributed by atoms with van der Waals surface area (Å²) in [5.41, 5.74) is 15.3. The van der Waals surface area contributed by atoms with Gasteiger partial charge in [-0.25, -0.2) is 0 Å². The zero-order valence-corrected chi connectivity index (χ0v) is 38.6. The number of nitrogens with two attached hydrogens (primary N) is 3. The second-order valence-electron chi connectivity index (χ2n) is 17.3. The molecule has 2 fully saturated rings. The molecule has 1 aliphatic carbocycles. The lowest BCUT2D eigenvalue weighted by atomic mass is 9.80. The number of nitrogens with one attached hydrogen (secondary N) is 7. The molecule has 1 spiro atoms. The molecule has 1 saturated heterocycles. The Bertz CT molecular complexity index is 2100. The minimum Gasteiger partial charge on any atom is -0.506 e. The first-order valence-electron chi connectivity index (χ1n) is 22.0. The average Bonchev–Trinajstić information content (AvgIpc) is 3.24. The number of phenols is 1. The van der Waals surface area contributed by atoms with Gasteiger partial charge < -0.3 is 69.7 Å². The van der Waals surface area contributed by atoms with E-state index in [0.29, 0.717) is 24.8 Å². The SMILES string of the molecule is CC(C)C[C@@H]1NC(=O)[C@H](CC(C(=O)O)C(=O)O)NC(=O)CS(=O)C[C@H](C(N)=O)NC(=O)CCCCNC(=O)[C@H](CC(N)=O)NC(=O)C2(CCCCC2)NC(=O)[C@H](Cc2ccc(O)c(N)c2)NC1=O. The predicted molar refractivity (Wildman–Crippen MR) is 240 cm³/mol. The van der Waals surface area contributed by atoms with Crippen LogP contribution in [0.2, 0.25) is 0 Å². The molecule has 9 amide bonds. The van der Waals surface area contributed by atoms with E-state index < -0.39 is 142 Å². The maximum Gasteiger partial charge on any atom is 0.317 e. The normalized spacial score (nSPS) is 24.5. The Kier molecular flexibility index (Phi) is 21.1. The maximum absolute atomic E-state index is 14.5. The molecule has 1 aromatic carbocycles. The van der Waals surface area contributed by atoms with Gasteiger partial charge in [-0.3, -0.25) is 56.9 Å². The van der Waals surface area contributed by atoms with Crippen LogP contribution in [-0.4, -0.2) is 138 Å². The molecule has 0 radical (unpaired) electrons. The van der Waals surface area contributed by atoms with Gasteiger partial charge in [0.25, 0.3) is 0 Å². The van der Waals surface area contributed by atoms with Crippen molar-refractivity contribution in [2.24, 2.45) is 23.3 Å². The van der Waals surface area contributed by atoms with Crippen LogP contribution < -0.4 is 54.4 Å². The first-order valence-corrected chi connectivity index (χ1v) is 23.5. The van der Waals surface area contributed by atoms with Crippen LogP contribution in [0.4, 0.5) is 5.69 Å². The maximum atomic E-state index is 14.5. The summed E-state index contributed by atoms with van der Waals surface area (Å²) in [7, 11) is -2.29. The monoisotopic (exact) mass is 978 g/mol. The number of carbonyl (C=O) groups is 11. The zero-order chi connectivity index (χ0) is 50.9. The lowest BCUT2D eigenvalue weighted by molar-refractivity contribution is -0.155. The highest BCUT2D eigenvalue weighted by Crippen LogP contribution is 2.30. The van der Waals surface area contributed by atoms with E-state index in [0.717, 1.165) is 0 Å². The number of rotatable bonds is 11. The van der Waals surface area contributed by atoms with Gasteiger partial charge in [0.15, 0.2) is 5.92 Å². The highest BCUT2D eigenvalue weighted by atomic mass is 32.2. The van der Waals surface area contributed by atoms with Crippen molar-refractivity contribution in [2.45, 2.75) is 127 Å². The zero-order valence-electron chi connectivity index (χ0n) is 37.8. The van der Waals surface area contributed by atoms with Gasteiger partial charge in [0.05, 0.1) is 17.9 Å². The molecule has 1 aromatic rings. The number of aliphatic carboxylic acids is 2. The van der Waals surface area contributed by atoms with Crippen LogP contribution in [0.25, 0.3) is 0 Å². The van der Waals surface area contributed by atoms with Crippen LogP contribution in [0.15, 0.2) is 18.2 Å². The van der Waals surface area contributed by atoms with E-state index in [2.05, 4.69) is 37.2 Å². The minimum absolute atomic E-state index is 0.0569. The largest absolute Gasteiger partial charge is 0.506 e. The van der Waals surface area contributed by atoms with Crippen LogP contribution in [-0.2, 0) is 70.0 Å². The first kappa shape index (κ1) is 55.5. The Morgan fingerprint density at radius 2 is 1.37 bits per heavy atom. The number of nitrogen functional groups attached to an aromatic ring is 1. The van der Waals surface area contributed by atoms with Gasteiger partial charge in [0.2, 0.25) is 53.2 Å². The molecule has 376 valence electrons. The van der Waals surface area contributed by atoms with E-state index in [-0.39, 0.29) is 68.8 Å². The molecule has 1 saturated carbocycles. The fourth-order valence-corrected chi connectivity index (χ4v) is 8.74. The van der Waals surface area contributed by atoms with Crippen LogP contribution in [0.3, 0.4) is 0 Å². The van der Waals surface area contributed by atoms with E-state index >= 15 is 0 Å². The van der Waals surface area contributed by atoms with Crippen molar-refractivity contribution in [1.29, 1.82) is 0 Å². The fraction of sp³-hybridized carbons (Fsp3) is 0.595. The molecule has 2 aliphatic rings. The van der Waals surface area contributed by atoms with Crippen LogP contribution in [0, 0.1) is 11.8 Å². The van der Waals surface area contributed by atoms with Crippen LogP contribution in [0.1, 0.15) is 90.0 Å². The summed E-state index contributed by atoms with van der Waals surface area (Å²) in [5, 5.41) is 46.8. The number of amides is 9. The smallest absolute Gasteiger partial charge is 0.317 e. The molecule has 1 aliphatic heterocycles. The van der Waals surface area contributed by atoms with Gasteiger partial charge in [0, 0.05) is 36.6 Å². The Balaban J connectivity index is 2.14. The number of hydrogen-bond acceptors (Lipinski definition) is 14. The summed E-state index contributed by atoms with van der Waals surface area (Å²) < 4.78 is 13.1. The van der Waals surface area contributed by atoms with Gasteiger partial charge in [-0.1, -0.05) is 39.2 Å². The predicted octanol–water partition coefficient (Wildman–Crippen LogP) is -3.61. The van der Waals surface area contributed by atoms with Crippen molar-refractivity contribution in [3.63, 3.8) is 0 Å². The number of carboxylic acids is 2. The topological polar surface area (TPSA) is 428 Å². The molecular weight excluding hydrogens is 917 g/mol. The minimum atomic E-state index is -2.29. The number of benzene rings is 1. The van der Waals surface area contributed by atoms with Gasteiger partial charge in [-0.2, -0.15) is 0 Å². The van der Waals surface area contributed by atoms with E-state index in [1.54, 1.807) is 13.8 Å². The van der Waals surface area contributed by atoms with Crippen molar-refractivity contribution in [3.8, 4) is 5.75 Å². The van der Waals surface area contributed by atoms with Crippen LogP contribution >= 0.6 is 0 Å². The molecule has 25 nitrogen and oxygen atoms in total. The molecule has 3 rings (SSSR count). The molecular formula is C42H62N10O15S. The number of carboxylic acid groups (broad SMARTS) is 2. The number of carbonyl (C=O) groups excluding carboxylic acids is 9. The summed E-state index contributed by atoms with van der Waals surface area (Å²) in [6.45, 7) is 3.27. The number of phenolic OH excluding ortho intramolecular Hbond substituents is 1. The van der Waals surface area contributed by atoms with Crippen molar-refractivity contribution in [3.05, 3.63) is 23.8 Å². The third-order valence-corrected chi connectivity index (χ3v) is 12.5. The van der Waals surface area contributed by atoms with Crippen molar-refractivity contribution < 1.29 is 72.3 Å². The third kappa shape index (κ3) is 17.4. The van der Waals surface area contributed by atoms with Gasteiger partial charge in [-0.05, 0) is 55.7 Å². The second-order valence-corrected chi connectivity index (χ2v) is 18.8. The number of primary amides is 2. The molecule has 6 atom stereocenters. The number of hydrogen-bond donors (Lipinski definition) is 13. The van der Waals surface area contributed by atoms with Crippen molar-refractivity contribution >= 4 is 81.6 Å². The lowest BCUT2D eigenvalue weighted by Gasteiger charge is -2.38. The van der Waals surface area contributed by atoms with E-state index in [9.17, 15) is 72.3 Å². The molecule has 1 heterocycles. The number of aromatic hydroxyl groups is 1. The van der Waals surface area contributed by atoms with Crippen molar-refractivity contribution in [1.82, 2.24) is 37.2 Å². The standard InChI is InChI=1S/C42H62N10O15S/c1-21(2)14-25-36(59)50-26(16-22-9-10-30(53)24(43)15-22)38(61)52-42(11-5-3-6-12-42)41(66)51-28(18-31(44)54)35(58)46-13-7-4-8-32(55)48-29(34(45)57)19-68(67)20-33(56)47-27(37(60)49-25)17-23(39(62)63)40(64)65/h9-10,15,21,23,25-29,53H,3-8,11-14,16-20,43H2,1-2H3,(H2,44,54)(H2,45,57)(H,46,58)(H,47,56)(H,48,55)(H,49,60)(H,50,59)(H,51,66)(H,52,61)(H,62,63)(H,64,65)/t25-,26-,27-,28-,29+,68?/m0/s1. The van der Waals surface area contributed by atoms with E-state index in [4.69, 9.17) is 17.2 Å².